The fraction of sp³-hybridized carbons (Fsp3) is 0.214. The van der Waals surface area contributed by atoms with Gasteiger partial charge in [-0.3, -0.25) is 4.79 Å². The first-order valence-corrected chi connectivity index (χ1v) is 6.23. The Bertz CT molecular complexity index is 741. The van der Waals surface area contributed by atoms with E-state index in [4.69, 9.17) is 11.0 Å². The molecule has 0 unspecified atom stereocenters. The third kappa shape index (κ3) is 1.72. The molecule has 0 aliphatic carbocycles. The maximum absolute atomic E-state index is 11.5. The Morgan fingerprint density at radius 2 is 2.15 bits per heavy atom. The molecule has 1 aliphatic heterocycles. The summed E-state index contributed by atoms with van der Waals surface area (Å²) in [7, 11) is 0. The number of para-hydroxylation sites is 1. The standard InChI is InChI=1S/C14H13N5O/c1-9-11-6-18(8-15)7-13(11)19(17-9)12-5-3-2-4-10(12)14(16)20/h2-5H,6-7H2,1H3,(H2,16,20). The monoisotopic (exact) mass is 267 g/mol. The van der Waals surface area contributed by atoms with Gasteiger partial charge in [0, 0.05) is 5.56 Å². The van der Waals surface area contributed by atoms with Gasteiger partial charge in [-0.1, -0.05) is 12.1 Å². The number of nitriles is 1. The molecule has 6 nitrogen and oxygen atoms in total. The average Bonchev–Trinajstić information content (AvgIpc) is 2.99. The molecular formula is C14H13N5O. The minimum Gasteiger partial charge on any atom is -0.366 e. The molecule has 0 radical (unpaired) electrons. The summed E-state index contributed by atoms with van der Waals surface area (Å²) in [6.45, 7) is 2.97. The predicted molar refractivity (Wildman–Crippen MR) is 71.7 cm³/mol. The van der Waals surface area contributed by atoms with Crippen LogP contribution >= 0.6 is 0 Å². The smallest absolute Gasteiger partial charge is 0.250 e. The Balaban J connectivity index is 2.17. The molecule has 2 N–H and O–H groups in total. The molecule has 1 aliphatic rings. The van der Waals surface area contributed by atoms with Gasteiger partial charge in [-0.25, -0.2) is 4.68 Å². The summed E-state index contributed by atoms with van der Waals surface area (Å²) in [5.41, 5.74) is 9.36. The van der Waals surface area contributed by atoms with Crippen LogP contribution in [0.4, 0.5) is 0 Å². The summed E-state index contributed by atoms with van der Waals surface area (Å²) in [4.78, 5) is 13.2. The number of amides is 1. The second kappa shape index (κ2) is 4.38. The van der Waals surface area contributed by atoms with E-state index in [-0.39, 0.29) is 0 Å². The topological polar surface area (TPSA) is 87.9 Å². The molecule has 6 heteroatoms. The number of carbonyl (C=O) groups excluding carboxylic acids is 1. The summed E-state index contributed by atoms with van der Waals surface area (Å²) < 4.78 is 1.72. The lowest BCUT2D eigenvalue weighted by atomic mass is 10.1. The molecule has 2 aromatic rings. The molecule has 1 aromatic carbocycles. The number of primary amides is 1. The van der Waals surface area contributed by atoms with Gasteiger partial charge in [0.25, 0.3) is 5.91 Å². The first-order chi connectivity index (χ1) is 9.61. The number of nitrogens with zero attached hydrogens (tertiary/aromatic N) is 4. The highest BCUT2D eigenvalue weighted by Crippen LogP contribution is 2.28. The molecule has 1 aromatic heterocycles. The third-order valence-electron chi connectivity index (χ3n) is 3.52. The van der Waals surface area contributed by atoms with Gasteiger partial charge in [0.05, 0.1) is 35.7 Å². The number of aryl methyl sites for hydroxylation is 1. The second-order valence-corrected chi connectivity index (χ2v) is 4.76. The van der Waals surface area contributed by atoms with Crippen LogP contribution in [0.25, 0.3) is 5.69 Å². The van der Waals surface area contributed by atoms with Gasteiger partial charge in [0.1, 0.15) is 0 Å². The van der Waals surface area contributed by atoms with Crippen LogP contribution in [-0.4, -0.2) is 20.6 Å². The van der Waals surface area contributed by atoms with Crippen LogP contribution in [0.2, 0.25) is 0 Å². The summed E-state index contributed by atoms with van der Waals surface area (Å²) in [6, 6.07) is 7.09. The Hall–Kier alpha value is -2.81. The first-order valence-electron chi connectivity index (χ1n) is 6.23. The molecule has 0 saturated carbocycles. The van der Waals surface area contributed by atoms with Crippen molar-refractivity contribution in [1.29, 1.82) is 5.26 Å². The number of rotatable bonds is 2. The number of hydrogen-bond donors (Lipinski definition) is 1. The fourth-order valence-corrected chi connectivity index (χ4v) is 2.54. The van der Waals surface area contributed by atoms with E-state index >= 15 is 0 Å². The highest BCUT2D eigenvalue weighted by molar-refractivity contribution is 5.96. The minimum absolute atomic E-state index is 0.424. The van der Waals surface area contributed by atoms with Gasteiger partial charge in [-0.15, -0.1) is 0 Å². The third-order valence-corrected chi connectivity index (χ3v) is 3.52. The zero-order valence-corrected chi connectivity index (χ0v) is 11.0. The van der Waals surface area contributed by atoms with E-state index in [0.717, 1.165) is 17.0 Å². The summed E-state index contributed by atoms with van der Waals surface area (Å²) in [5.74, 6) is -0.488. The molecule has 20 heavy (non-hydrogen) atoms. The Morgan fingerprint density at radius 3 is 2.85 bits per heavy atom. The van der Waals surface area contributed by atoms with Gasteiger partial charge in [0.15, 0.2) is 6.19 Å². The largest absolute Gasteiger partial charge is 0.366 e. The Morgan fingerprint density at radius 1 is 1.40 bits per heavy atom. The number of hydrogen-bond acceptors (Lipinski definition) is 4. The van der Waals surface area contributed by atoms with Crippen LogP contribution in [0.3, 0.4) is 0 Å². The van der Waals surface area contributed by atoms with Gasteiger partial charge < -0.3 is 10.6 Å². The molecular weight excluding hydrogens is 254 g/mol. The van der Waals surface area contributed by atoms with Crippen LogP contribution in [0, 0.1) is 18.4 Å². The maximum Gasteiger partial charge on any atom is 0.250 e. The van der Waals surface area contributed by atoms with Crippen molar-refractivity contribution in [3.05, 3.63) is 46.8 Å². The van der Waals surface area contributed by atoms with Crippen LogP contribution in [-0.2, 0) is 13.1 Å². The van der Waals surface area contributed by atoms with Crippen LogP contribution in [0.5, 0.6) is 0 Å². The fourth-order valence-electron chi connectivity index (χ4n) is 2.54. The average molecular weight is 267 g/mol. The van der Waals surface area contributed by atoms with E-state index in [1.165, 1.54) is 0 Å². The number of benzene rings is 1. The summed E-state index contributed by atoms with van der Waals surface area (Å²) in [5, 5.41) is 13.5. The first kappa shape index (κ1) is 12.2. The van der Waals surface area contributed by atoms with Crippen LogP contribution < -0.4 is 5.73 Å². The molecule has 0 spiro atoms. The highest BCUT2D eigenvalue weighted by atomic mass is 16.1. The van der Waals surface area contributed by atoms with Crippen molar-refractivity contribution in [3.8, 4) is 11.9 Å². The Labute approximate surface area is 116 Å². The number of nitrogens with two attached hydrogens (primary N) is 1. The zero-order chi connectivity index (χ0) is 14.3. The molecule has 2 heterocycles. The summed E-state index contributed by atoms with van der Waals surface area (Å²) in [6.07, 6.45) is 2.14. The van der Waals surface area contributed by atoms with Crippen molar-refractivity contribution < 1.29 is 4.79 Å². The number of fused-ring (bicyclic) bond motifs is 1. The molecule has 1 amide bonds. The molecule has 0 fully saturated rings. The molecule has 0 bridgehead atoms. The second-order valence-electron chi connectivity index (χ2n) is 4.76. The van der Waals surface area contributed by atoms with Crippen LogP contribution in [0.15, 0.2) is 24.3 Å². The normalized spacial score (nSPS) is 13.1. The lowest BCUT2D eigenvalue weighted by molar-refractivity contribution is 0.1000. The van der Waals surface area contributed by atoms with Gasteiger partial charge in [0.2, 0.25) is 0 Å². The van der Waals surface area contributed by atoms with E-state index in [0.29, 0.717) is 24.3 Å². The van der Waals surface area contributed by atoms with Crippen molar-refractivity contribution in [2.24, 2.45) is 5.73 Å². The predicted octanol–water partition coefficient (Wildman–Crippen LogP) is 1.08. The molecule has 3 rings (SSSR count). The highest BCUT2D eigenvalue weighted by Gasteiger charge is 2.27. The van der Waals surface area contributed by atoms with E-state index < -0.39 is 5.91 Å². The van der Waals surface area contributed by atoms with Crippen molar-refractivity contribution >= 4 is 5.91 Å². The lowest BCUT2D eigenvalue weighted by Crippen LogP contribution is -2.17. The van der Waals surface area contributed by atoms with Crippen molar-refractivity contribution in [2.45, 2.75) is 20.0 Å². The van der Waals surface area contributed by atoms with E-state index in [1.807, 2.05) is 19.1 Å². The number of aromatic nitrogens is 2. The zero-order valence-electron chi connectivity index (χ0n) is 11.0. The maximum atomic E-state index is 11.5. The molecule has 0 saturated heterocycles. The van der Waals surface area contributed by atoms with E-state index in [2.05, 4.69) is 11.3 Å². The minimum atomic E-state index is -0.488. The van der Waals surface area contributed by atoms with Crippen molar-refractivity contribution in [1.82, 2.24) is 14.7 Å². The molecule has 0 atom stereocenters. The number of carbonyl (C=O) groups is 1. The van der Waals surface area contributed by atoms with Crippen molar-refractivity contribution in [3.63, 3.8) is 0 Å². The summed E-state index contributed by atoms with van der Waals surface area (Å²) >= 11 is 0. The lowest BCUT2D eigenvalue weighted by Gasteiger charge is -2.11. The van der Waals surface area contributed by atoms with Gasteiger partial charge in [-0.05, 0) is 19.1 Å². The van der Waals surface area contributed by atoms with Gasteiger partial charge in [-0.2, -0.15) is 10.4 Å². The van der Waals surface area contributed by atoms with Gasteiger partial charge >= 0.3 is 0 Å². The van der Waals surface area contributed by atoms with E-state index in [1.54, 1.807) is 21.7 Å². The van der Waals surface area contributed by atoms with Crippen LogP contribution in [0.1, 0.15) is 27.3 Å². The van der Waals surface area contributed by atoms with E-state index in [9.17, 15) is 4.79 Å². The Kier molecular flexibility index (Phi) is 2.68. The molecule has 100 valence electrons. The quantitative estimate of drug-likeness (QED) is 0.824. The van der Waals surface area contributed by atoms with Crippen molar-refractivity contribution in [2.75, 3.05) is 0 Å². The SMILES string of the molecule is Cc1nn(-c2ccccc2C(N)=O)c2c1CN(C#N)C2.